The molecule has 0 spiro atoms. The molecule has 120 valence electrons. The van der Waals surface area contributed by atoms with Crippen LogP contribution in [-0.4, -0.2) is 26.0 Å². The maximum absolute atomic E-state index is 12.1. The molecule has 0 aromatic heterocycles. The molecule has 5 heteroatoms. The number of ether oxygens (including phenoxy) is 1. The maximum atomic E-state index is 12.1. The van der Waals surface area contributed by atoms with E-state index in [9.17, 15) is 9.59 Å². The van der Waals surface area contributed by atoms with Gasteiger partial charge in [0.05, 0.1) is 6.61 Å². The molecule has 0 radical (unpaired) electrons. The summed E-state index contributed by atoms with van der Waals surface area (Å²) in [6.07, 6.45) is 0. The first-order valence-electron chi connectivity index (χ1n) is 7.31. The van der Waals surface area contributed by atoms with Crippen LogP contribution in [0.4, 0.5) is 0 Å². The highest BCUT2D eigenvalue weighted by Gasteiger charge is 2.06. The first-order chi connectivity index (χ1) is 11.1. The lowest BCUT2D eigenvalue weighted by atomic mass is 10.1. The third-order valence-corrected chi connectivity index (χ3v) is 3.42. The Morgan fingerprint density at radius 3 is 1.91 bits per heavy atom. The van der Waals surface area contributed by atoms with Crippen LogP contribution in [0.15, 0.2) is 48.5 Å². The fourth-order valence-corrected chi connectivity index (χ4v) is 2.12. The van der Waals surface area contributed by atoms with Gasteiger partial charge < -0.3 is 15.4 Å². The number of nitrogens with one attached hydrogen (secondary N) is 2. The minimum atomic E-state index is -0.135. The molecule has 2 aromatic carbocycles. The average Bonchev–Trinajstić information content (AvgIpc) is 2.60. The fourth-order valence-electron chi connectivity index (χ4n) is 2.12. The van der Waals surface area contributed by atoms with Crippen LogP contribution in [0.5, 0.6) is 0 Å². The molecular weight excluding hydrogens is 292 g/mol. The van der Waals surface area contributed by atoms with Gasteiger partial charge in [0, 0.05) is 31.8 Å². The Kier molecular flexibility index (Phi) is 5.88. The normalized spacial score (nSPS) is 10.2. The first kappa shape index (κ1) is 16.7. The Morgan fingerprint density at radius 2 is 1.39 bits per heavy atom. The Morgan fingerprint density at radius 1 is 0.870 bits per heavy atom. The number of carbonyl (C=O) groups excluding carboxylic acids is 2. The Labute approximate surface area is 135 Å². The van der Waals surface area contributed by atoms with Crippen LogP contribution < -0.4 is 10.6 Å². The van der Waals surface area contributed by atoms with Crippen molar-refractivity contribution in [3.63, 3.8) is 0 Å². The molecule has 5 nitrogen and oxygen atoms in total. The van der Waals surface area contributed by atoms with Crippen molar-refractivity contribution in [2.24, 2.45) is 0 Å². The van der Waals surface area contributed by atoms with Crippen molar-refractivity contribution in [2.75, 3.05) is 14.2 Å². The highest BCUT2D eigenvalue weighted by atomic mass is 16.5. The molecule has 0 aliphatic carbocycles. The van der Waals surface area contributed by atoms with E-state index >= 15 is 0 Å². The van der Waals surface area contributed by atoms with Crippen LogP contribution in [0.1, 0.15) is 31.8 Å². The molecule has 2 amide bonds. The topological polar surface area (TPSA) is 67.4 Å². The van der Waals surface area contributed by atoms with Gasteiger partial charge in [-0.3, -0.25) is 9.59 Å². The van der Waals surface area contributed by atoms with Crippen molar-refractivity contribution < 1.29 is 14.3 Å². The van der Waals surface area contributed by atoms with Crippen molar-refractivity contribution in [1.29, 1.82) is 0 Å². The monoisotopic (exact) mass is 312 g/mol. The van der Waals surface area contributed by atoms with Crippen LogP contribution in [-0.2, 0) is 17.9 Å². The molecule has 0 aliphatic rings. The van der Waals surface area contributed by atoms with E-state index in [1.807, 2.05) is 24.3 Å². The number of amides is 2. The molecular formula is C18H20N2O3. The fraction of sp³-hybridized carbons (Fsp3) is 0.222. The third-order valence-electron chi connectivity index (χ3n) is 3.42. The lowest BCUT2D eigenvalue weighted by Gasteiger charge is -2.07. The van der Waals surface area contributed by atoms with Gasteiger partial charge in [-0.05, 0) is 35.4 Å². The molecule has 2 N–H and O–H groups in total. The van der Waals surface area contributed by atoms with Gasteiger partial charge in [-0.15, -0.1) is 0 Å². The predicted molar refractivity (Wildman–Crippen MR) is 88.2 cm³/mol. The SMILES string of the molecule is CNC(=O)c1ccc(CNC(=O)c2ccc(COC)cc2)cc1. The molecule has 0 heterocycles. The third kappa shape index (κ3) is 4.66. The van der Waals surface area contributed by atoms with Crippen LogP contribution in [0.25, 0.3) is 0 Å². The van der Waals surface area contributed by atoms with Crippen molar-refractivity contribution in [2.45, 2.75) is 13.2 Å². The summed E-state index contributed by atoms with van der Waals surface area (Å²) in [5, 5.41) is 5.43. The van der Waals surface area contributed by atoms with Gasteiger partial charge in [-0.25, -0.2) is 0 Å². The first-order valence-corrected chi connectivity index (χ1v) is 7.31. The number of benzene rings is 2. The van der Waals surface area contributed by atoms with Gasteiger partial charge in [0.25, 0.3) is 11.8 Å². The van der Waals surface area contributed by atoms with Crippen LogP contribution >= 0.6 is 0 Å². The molecule has 0 bridgehead atoms. The molecule has 0 unspecified atom stereocenters. The van der Waals surface area contributed by atoms with Crippen molar-refractivity contribution in [3.8, 4) is 0 Å². The summed E-state index contributed by atoms with van der Waals surface area (Å²) < 4.78 is 5.04. The summed E-state index contributed by atoms with van der Waals surface area (Å²) in [6, 6.07) is 14.4. The Bertz CT molecular complexity index is 664. The number of carbonyl (C=O) groups is 2. The molecule has 23 heavy (non-hydrogen) atoms. The summed E-state index contributed by atoms with van der Waals surface area (Å²) >= 11 is 0. The van der Waals surface area contributed by atoms with E-state index < -0.39 is 0 Å². The second kappa shape index (κ2) is 8.10. The molecule has 0 aliphatic heterocycles. The van der Waals surface area contributed by atoms with E-state index in [-0.39, 0.29) is 11.8 Å². The standard InChI is InChI=1S/C18H20N2O3/c1-19-17(21)15-7-3-13(4-8-15)11-20-18(22)16-9-5-14(6-10-16)12-23-2/h3-10H,11-12H2,1-2H3,(H,19,21)(H,20,22). The van der Waals surface area contributed by atoms with E-state index in [1.165, 1.54) is 0 Å². The van der Waals surface area contributed by atoms with Crippen LogP contribution in [0, 0.1) is 0 Å². The summed E-state index contributed by atoms with van der Waals surface area (Å²) in [5.41, 5.74) is 3.15. The van der Waals surface area contributed by atoms with Gasteiger partial charge in [0.15, 0.2) is 0 Å². The lowest BCUT2D eigenvalue weighted by Crippen LogP contribution is -2.23. The smallest absolute Gasteiger partial charge is 0.251 e. The molecule has 0 atom stereocenters. The van der Waals surface area contributed by atoms with E-state index in [4.69, 9.17) is 4.74 Å². The van der Waals surface area contributed by atoms with Crippen molar-refractivity contribution in [3.05, 3.63) is 70.8 Å². The van der Waals surface area contributed by atoms with E-state index in [0.29, 0.717) is 24.3 Å². The molecule has 2 rings (SSSR count). The average molecular weight is 312 g/mol. The van der Waals surface area contributed by atoms with Crippen LogP contribution in [0.3, 0.4) is 0 Å². The Hall–Kier alpha value is -2.66. The van der Waals surface area contributed by atoms with Gasteiger partial charge in [0.2, 0.25) is 0 Å². The lowest BCUT2D eigenvalue weighted by molar-refractivity contribution is 0.0946. The van der Waals surface area contributed by atoms with Gasteiger partial charge >= 0.3 is 0 Å². The molecule has 0 saturated heterocycles. The largest absolute Gasteiger partial charge is 0.380 e. The van der Waals surface area contributed by atoms with Gasteiger partial charge in [-0.2, -0.15) is 0 Å². The zero-order valence-corrected chi connectivity index (χ0v) is 13.3. The van der Waals surface area contributed by atoms with E-state index in [1.54, 1.807) is 38.4 Å². The summed E-state index contributed by atoms with van der Waals surface area (Å²) in [7, 11) is 3.23. The highest BCUT2D eigenvalue weighted by Crippen LogP contribution is 2.07. The van der Waals surface area contributed by atoms with Crippen molar-refractivity contribution in [1.82, 2.24) is 10.6 Å². The molecule has 0 fully saturated rings. The summed E-state index contributed by atoms with van der Waals surface area (Å²) in [6.45, 7) is 0.937. The molecule has 2 aromatic rings. The highest BCUT2D eigenvalue weighted by molar-refractivity contribution is 5.94. The summed E-state index contributed by atoms with van der Waals surface area (Å²) in [4.78, 5) is 23.6. The second-order valence-corrected chi connectivity index (χ2v) is 5.09. The minimum Gasteiger partial charge on any atom is -0.380 e. The quantitative estimate of drug-likeness (QED) is 0.858. The zero-order chi connectivity index (χ0) is 16.7. The predicted octanol–water partition coefficient (Wildman–Crippen LogP) is 2.12. The van der Waals surface area contributed by atoms with Crippen molar-refractivity contribution >= 4 is 11.8 Å². The maximum Gasteiger partial charge on any atom is 0.251 e. The van der Waals surface area contributed by atoms with Crippen LogP contribution in [0.2, 0.25) is 0 Å². The second-order valence-electron chi connectivity index (χ2n) is 5.09. The van der Waals surface area contributed by atoms with Gasteiger partial charge in [0.1, 0.15) is 0 Å². The van der Waals surface area contributed by atoms with Gasteiger partial charge in [-0.1, -0.05) is 24.3 Å². The van der Waals surface area contributed by atoms with E-state index in [0.717, 1.165) is 11.1 Å². The zero-order valence-electron chi connectivity index (χ0n) is 13.3. The number of methoxy groups -OCH3 is 1. The molecule has 0 saturated carbocycles. The number of rotatable bonds is 6. The summed E-state index contributed by atoms with van der Waals surface area (Å²) in [5.74, 6) is -0.263. The number of hydrogen-bond donors (Lipinski definition) is 2. The minimum absolute atomic E-state index is 0.128. The number of hydrogen-bond acceptors (Lipinski definition) is 3. The Balaban J connectivity index is 1.92. The van der Waals surface area contributed by atoms with E-state index in [2.05, 4.69) is 10.6 Å².